The Hall–Kier alpha value is -3.54. The molecule has 0 saturated carbocycles. The summed E-state index contributed by atoms with van der Waals surface area (Å²) in [5.74, 6) is -4.42. The molecule has 0 spiro atoms. The van der Waals surface area contributed by atoms with Crippen molar-refractivity contribution in [3.63, 3.8) is 0 Å². The first-order valence-corrected chi connectivity index (χ1v) is 12.1. The van der Waals surface area contributed by atoms with Crippen molar-refractivity contribution in [3.8, 4) is 0 Å². The van der Waals surface area contributed by atoms with Gasteiger partial charge in [0.2, 0.25) is 5.91 Å². The quantitative estimate of drug-likeness (QED) is 0.470. The summed E-state index contributed by atoms with van der Waals surface area (Å²) in [6.45, 7) is 4.23. The number of hydrogen-bond donors (Lipinski definition) is 2. The predicted molar refractivity (Wildman–Crippen MR) is 126 cm³/mol. The number of halogens is 5. The van der Waals surface area contributed by atoms with E-state index in [1.165, 1.54) is 4.90 Å². The Morgan fingerprint density at radius 3 is 2.55 bits per heavy atom. The second-order valence-electron chi connectivity index (χ2n) is 10.1. The zero-order valence-corrected chi connectivity index (χ0v) is 20.5. The predicted octanol–water partition coefficient (Wildman–Crippen LogP) is 4.52. The molecule has 0 unspecified atom stereocenters. The standard InChI is InChI=1S/C26H25F5N4O3/c1-12-3-14-8-32-34-23(14)17(4-12)25(37)35-9-13(2)5-21(35)24(36)33-22(15-10-38-11-15)16-6-20(28)18(7-19(16)27)26(29,30)31/h3-4,6-8,13,15,21-22H,5,9-11H2,1-2H3,(H,32,34)(H,33,36)/t13-,21-,22-/m1/s1. The van der Waals surface area contributed by atoms with E-state index >= 15 is 0 Å². The molecule has 3 aromatic rings. The molecular weight excluding hydrogens is 511 g/mol. The van der Waals surface area contributed by atoms with E-state index in [2.05, 4.69) is 15.5 Å². The third-order valence-electron chi connectivity index (χ3n) is 7.16. The Bertz CT molecular complexity index is 1400. The second-order valence-corrected chi connectivity index (χ2v) is 10.1. The highest BCUT2D eigenvalue weighted by Gasteiger charge is 2.42. The number of nitrogens with one attached hydrogen (secondary N) is 2. The van der Waals surface area contributed by atoms with E-state index in [4.69, 9.17) is 4.74 Å². The number of alkyl halides is 3. The summed E-state index contributed by atoms with van der Waals surface area (Å²) in [6.07, 6.45) is -3.15. The Morgan fingerprint density at radius 2 is 1.89 bits per heavy atom. The molecule has 5 rings (SSSR count). The summed E-state index contributed by atoms with van der Waals surface area (Å²) in [6, 6.07) is 2.10. The minimum absolute atomic E-state index is 0.0255. The van der Waals surface area contributed by atoms with Crippen LogP contribution in [-0.2, 0) is 15.7 Å². The smallest absolute Gasteiger partial charge is 0.381 e. The number of aryl methyl sites for hydroxylation is 1. The van der Waals surface area contributed by atoms with Gasteiger partial charge in [-0.2, -0.15) is 18.3 Å². The molecule has 7 nitrogen and oxygen atoms in total. The molecule has 38 heavy (non-hydrogen) atoms. The lowest BCUT2D eigenvalue weighted by Gasteiger charge is -2.36. The fourth-order valence-corrected chi connectivity index (χ4v) is 5.21. The van der Waals surface area contributed by atoms with Crippen LogP contribution in [0.2, 0.25) is 0 Å². The normalized spacial score (nSPS) is 21.0. The summed E-state index contributed by atoms with van der Waals surface area (Å²) in [5.41, 5.74) is -0.409. The van der Waals surface area contributed by atoms with Crippen molar-refractivity contribution >= 4 is 22.7 Å². The van der Waals surface area contributed by atoms with Gasteiger partial charge in [0.15, 0.2) is 0 Å². The number of aromatic nitrogens is 2. The lowest BCUT2D eigenvalue weighted by Crippen LogP contribution is -2.50. The van der Waals surface area contributed by atoms with Crippen molar-refractivity contribution in [2.45, 2.75) is 38.5 Å². The molecule has 3 heterocycles. The van der Waals surface area contributed by atoms with Crippen LogP contribution in [0.15, 0.2) is 30.5 Å². The number of nitrogens with zero attached hydrogens (tertiary/aromatic N) is 2. The fourth-order valence-electron chi connectivity index (χ4n) is 5.21. The Balaban J connectivity index is 1.44. The van der Waals surface area contributed by atoms with Gasteiger partial charge in [0.25, 0.3) is 5.91 Å². The molecule has 2 aliphatic heterocycles. The number of aromatic amines is 1. The Morgan fingerprint density at radius 1 is 1.16 bits per heavy atom. The van der Waals surface area contributed by atoms with Crippen LogP contribution >= 0.6 is 0 Å². The maximum atomic E-state index is 14.9. The number of likely N-dealkylation sites (tertiary alicyclic amines) is 1. The largest absolute Gasteiger partial charge is 0.419 e. The van der Waals surface area contributed by atoms with Crippen LogP contribution < -0.4 is 5.32 Å². The fraction of sp³-hybridized carbons (Fsp3) is 0.423. The number of benzene rings is 2. The van der Waals surface area contributed by atoms with Gasteiger partial charge in [0, 0.05) is 23.4 Å². The molecule has 202 valence electrons. The number of H-pyrrole nitrogens is 1. The molecule has 2 aromatic carbocycles. The topological polar surface area (TPSA) is 87.3 Å². The van der Waals surface area contributed by atoms with Gasteiger partial charge in [-0.25, -0.2) is 8.78 Å². The first-order chi connectivity index (χ1) is 17.9. The zero-order chi connectivity index (χ0) is 27.4. The molecule has 2 saturated heterocycles. The highest BCUT2D eigenvalue weighted by Crippen LogP contribution is 2.37. The Labute approximate surface area is 214 Å². The van der Waals surface area contributed by atoms with Crippen LogP contribution in [0, 0.1) is 30.4 Å². The minimum atomic E-state index is -5.07. The Kier molecular flexibility index (Phi) is 6.62. The van der Waals surface area contributed by atoms with Crippen LogP contribution in [0.25, 0.3) is 10.9 Å². The molecule has 0 bridgehead atoms. The van der Waals surface area contributed by atoms with Gasteiger partial charge in [-0.1, -0.05) is 6.92 Å². The maximum absolute atomic E-state index is 14.9. The van der Waals surface area contributed by atoms with E-state index in [9.17, 15) is 31.5 Å². The number of amides is 2. The van der Waals surface area contributed by atoms with Crippen molar-refractivity contribution in [2.75, 3.05) is 19.8 Å². The molecule has 2 amide bonds. The second kappa shape index (κ2) is 9.64. The highest BCUT2D eigenvalue weighted by atomic mass is 19.4. The maximum Gasteiger partial charge on any atom is 0.419 e. The summed E-state index contributed by atoms with van der Waals surface area (Å²) in [4.78, 5) is 28.6. The number of carbonyl (C=O) groups excluding carboxylic acids is 2. The average molecular weight is 537 g/mol. The van der Waals surface area contributed by atoms with E-state index in [0.29, 0.717) is 30.1 Å². The number of rotatable bonds is 5. The molecule has 0 radical (unpaired) electrons. The summed E-state index contributed by atoms with van der Waals surface area (Å²) < 4.78 is 73.6. The lowest BCUT2D eigenvalue weighted by molar-refractivity contribution is -0.140. The number of hydrogen-bond acceptors (Lipinski definition) is 4. The van der Waals surface area contributed by atoms with Crippen LogP contribution in [0.4, 0.5) is 22.0 Å². The number of ether oxygens (including phenoxy) is 1. The van der Waals surface area contributed by atoms with Gasteiger partial charge in [0.05, 0.1) is 42.1 Å². The molecule has 12 heteroatoms. The van der Waals surface area contributed by atoms with Gasteiger partial charge in [-0.3, -0.25) is 14.7 Å². The van der Waals surface area contributed by atoms with Crippen molar-refractivity contribution in [3.05, 3.63) is 64.4 Å². The zero-order valence-electron chi connectivity index (χ0n) is 20.5. The molecule has 2 N–H and O–H groups in total. The monoisotopic (exact) mass is 536 g/mol. The molecule has 0 aliphatic carbocycles. The van der Waals surface area contributed by atoms with E-state index in [-0.39, 0.29) is 31.1 Å². The van der Waals surface area contributed by atoms with Crippen molar-refractivity contribution in [1.29, 1.82) is 0 Å². The number of carbonyl (C=O) groups is 2. The first kappa shape index (κ1) is 26.1. The van der Waals surface area contributed by atoms with Crippen molar-refractivity contribution in [2.24, 2.45) is 11.8 Å². The third kappa shape index (κ3) is 4.72. The van der Waals surface area contributed by atoms with Gasteiger partial charge in [-0.05, 0) is 49.1 Å². The van der Waals surface area contributed by atoms with Gasteiger partial charge < -0.3 is 15.0 Å². The van der Waals surface area contributed by atoms with Crippen LogP contribution in [0.5, 0.6) is 0 Å². The SMILES string of the molecule is Cc1cc(C(=O)N2C[C@H](C)C[C@@H]2C(=O)N[C@@H](c2cc(F)c(C(F)(F)F)cc2F)C2COC2)c2[nH]ncc2c1. The van der Waals surface area contributed by atoms with Crippen molar-refractivity contribution < 1.29 is 36.3 Å². The molecule has 2 aliphatic rings. The molecular formula is C26H25F5N4O3. The van der Waals surface area contributed by atoms with E-state index in [1.54, 1.807) is 12.3 Å². The first-order valence-electron chi connectivity index (χ1n) is 12.1. The lowest BCUT2D eigenvalue weighted by atomic mass is 9.89. The van der Waals surface area contributed by atoms with Crippen LogP contribution in [-0.4, -0.2) is 52.7 Å². The highest BCUT2D eigenvalue weighted by molar-refractivity contribution is 6.07. The molecule has 1 aromatic heterocycles. The van der Waals surface area contributed by atoms with E-state index in [1.807, 2.05) is 19.9 Å². The van der Waals surface area contributed by atoms with Gasteiger partial charge >= 0.3 is 6.18 Å². The van der Waals surface area contributed by atoms with E-state index < -0.39 is 52.8 Å². The van der Waals surface area contributed by atoms with Crippen LogP contribution in [0.3, 0.4) is 0 Å². The summed E-state index contributed by atoms with van der Waals surface area (Å²) in [5, 5.41) is 10.2. The summed E-state index contributed by atoms with van der Waals surface area (Å²) in [7, 11) is 0. The van der Waals surface area contributed by atoms with E-state index in [0.717, 1.165) is 10.9 Å². The minimum Gasteiger partial charge on any atom is -0.381 e. The third-order valence-corrected chi connectivity index (χ3v) is 7.16. The molecule has 3 atom stereocenters. The van der Waals surface area contributed by atoms with Crippen LogP contribution in [0.1, 0.15) is 46.4 Å². The summed E-state index contributed by atoms with van der Waals surface area (Å²) >= 11 is 0. The molecule has 2 fully saturated rings. The van der Waals surface area contributed by atoms with Gasteiger partial charge in [0.1, 0.15) is 17.7 Å². The van der Waals surface area contributed by atoms with Crippen molar-refractivity contribution in [1.82, 2.24) is 20.4 Å². The average Bonchev–Trinajstić information content (AvgIpc) is 3.43. The number of fused-ring (bicyclic) bond motifs is 1. The van der Waals surface area contributed by atoms with Gasteiger partial charge in [-0.15, -0.1) is 0 Å².